The van der Waals surface area contributed by atoms with E-state index in [1.165, 1.54) is 0 Å². The van der Waals surface area contributed by atoms with Crippen LogP contribution in [0.3, 0.4) is 0 Å². The van der Waals surface area contributed by atoms with Crippen LogP contribution in [0.1, 0.15) is 32.8 Å². The van der Waals surface area contributed by atoms with Crippen LogP contribution in [0.4, 0.5) is 0 Å². The highest BCUT2D eigenvalue weighted by Gasteiger charge is 2.25. The van der Waals surface area contributed by atoms with Crippen molar-refractivity contribution in [3.8, 4) is 0 Å². The Bertz CT molecular complexity index is 801. The zero-order valence-electron chi connectivity index (χ0n) is 16.9. The van der Waals surface area contributed by atoms with Crippen molar-refractivity contribution in [3.63, 3.8) is 0 Å². The van der Waals surface area contributed by atoms with Crippen LogP contribution in [0.5, 0.6) is 0 Å². The minimum Gasteiger partial charge on any atom is -0.370 e. The van der Waals surface area contributed by atoms with Gasteiger partial charge in [0.2, 0.25) is 5.91 Å². The summed E-state index contributed by atoms with van der Waals surface area (Å²) in [6.07, 6.45) is 0.246. The largest absolute Gasteiger partial charge is 0.370 e. The highest BCUT2D eigenvalue weighted by atomic mass is 32.2. The SMILES string of the molecule is CC(C)(C)c1ccc(S(=O)(=O)CN2CCN(C(=O)CCN=C(N)N)CC2)cc1. The van der Waals surface area contributed by atoms with Crippen molar-refractivity contribution in [1.82, 2.24) is 9.80 Å². The van der Waals surface area contributed by atoms with Crippen molar-refractivity contribution in [3.05, 3.63) is 29.8 Å². The standard InChI is InChI=1S/C19H31N5O3S/c1-19(2,3)15-4-6-16(7-5-15)28(26,27)14-23-10-12-24(13-11-23)17(25)8-9-22-18(20)21/h4-7H,8-14H2,1-3H3,(H4,20,21,22). The van der Waals surface area contributed by atoms with E-state index in [1.807, 2.05) is 17.0 Å². The molecule has 0 aromatic heterocycles. The van der Waals surface area contributed by atoms with Crippen LogP contribution >= 0.6 is 0 Å². The minimum atomic E-state index is -3.41. The molecule has 0 spiro atoms. The van der Waals surface area contributed by atoms with Crippen LogP contribution in [0.15, 0.2) is 34.2 Å². The number of sulfone groups is 1. The first-order valence-corrected chi connectivity index (χ1v) is 11.0. The van der Waals surface area contributed by atoms with E-state index >= 15 is 0 Å². The first-order valence-electron chi connectivity index (χ1n) is 9.38. The average molecular weight is 410 g/mol. The molecule has 0 radical (unpaired) electrons. The maximum Gasteiger partial charge on any atom is 0.224 e. The average Bonchev–Trinajstić information content (AvgIpc) is 2.61. The number of aliphatic imine (C=N–C) groups is 1. The third kappa shape index (κ3) is 6.20. The molecule has 4 N–H and O–H groups in total. The molecule has 156 valence electrons. The molecule has 1 saturated heterocycles. The lowest BCUT2D eigenvalue weighted by Crippen LogP contribution is -2.50. The Balaban J connectivity index is 1.89. The lowest BCUT2D eigenvalue weighted by molar-refractivity contribution is -0.132. The zero-order valence-corrected chi connectivity index (χ0v) is 17.7. The molecular weight excluding hydrogens is 378 g/mol. The Labute approximate surface area is 167 Å². The van der Waals surface area contributed by atoms with Crippen molar-refractivity contribution >= 4 is 21.7 Å². The summed E-state index contributed by atoms with van der Waals surface area (Å²) < 4.78 is 25.4. The summed E-state index contributed by atoms with van der Waals surface area (Å²) >= 11 is 0. The van der Waals surface area contributed by atoms with Gasteiger partial charge in [-0.15, -0.1) is 0 Å². The number of hydrogen-bond acceptors (Lipinski definition) is 5. The van der Waals surface area contributed by atoms with Crippen molar-refractivity contribution in [1.29, 1.82) is 0 Å². The van der Waals surface area contributed by atoms with Crippen LogP contribution in [0.2, 0.25) is 0 Å². The molecule has 0 bridgehead atoms. The van der Waals surface area contributed by atoms with Crippen molar-refractivity contribution in [2.45, 2.75) is 37.5 Å². The third-order valence-electron chi connectivity index (χ3n) is 4.78. The van der Waals surface area contributed by atoms with E-state index in [2.05, 4.69) is 25.8 Å². The van der Waals surface area contributed by atoms with Crippen LogP contribution in [0, 0.1) is 0 Å². The van der Waals surface area contributed by atoms with Crippen molar-refractivity contribution in [2.24, 2.45) is 16.5 Å². The van der Waals surface area contributed by atoms with Crippen LogP contribution in [-0.2, 0) is 20.0 Å². The Morgan fingerprint density at radius 2 is 1.64 bits per heavy atom. The second-order valence-electron chi connectivity index (χ2n) is 8.07. The topological polar surface area (TPSA) is 122 Å². The van der Waals surface area contributed by atoms with E-state index < -0.39 is 9.84 Å². The molecule has 0 atom stereocenters. The summed E-state index contributed by atoms with van der Waals surface area (Å²) in [7, 11) is -3.41. The number of rotatable bonds is 6. The zero-order chi connectivity index (χ0) is 20.9. The van der Waals surface area contributed by atoms with E-state index in [0.717, 1.165) is 5.56 Å². The van der Waals surface area contributed by atoms with E-state index in [1.54, 1.807) is 17.0 Å². The number of benzene rings is 1. The lowest BCUT2D eigenvalue weighted by atomic mass is 9.87. The fraction of sp³-hybridized carbons (Fsp3) is 0.579. The molecule has 0 aliphatic carbocycles. The molecular formula is C19H31N5O3S. The Hall–Kier alpha value is -2.13. The van der Waals surface area contributed by atoms with Gasteiger partial charge in [-0.1, -0.05) is 32.9 Å². The molecule has 9 heteroatoms. The molecule has 1 amide bonds. The van der Waals surface area contributed by atoms with Crippen molar-refractivity contribution in [2.75, 3.05) is 38.6 Å². The van der Waals surface area contributed by atoms with E-state index in [4.69, 9.17) is 11.5 Å². The second kappa shape index (κ2) is 8.91. The van der Waals surface area contributed by atoms with Gasteiger partial charge in [-0.2, -0.15) is 0 Å². The van der Waals surface area contributed by atoms with Gasteiger partial charge in [0, 0.05) is 32.6 Å². The molecule has 0 saturated carbocycles. The van der Waals surface area contributed by atoms with Gasteiger partial charge < -0.3 is 16.4 Å². The molecule has 8 nitrogen and oxygen atoms in total. The molecule has 0 unspecified atom stereocenters. The number of amides is 1. The summed E-state index contributed by atoms with van der Waals surface area (Å²) in [5.74, 6) is -0.0959. The molecule has 1 heterocycles. The number of hydrogen-bond donors (Lipinski definition) is 2. The van der Waals surface area contributed by atoms with Gasteiger partial charge in [0.1, 0.15) is 5.88 Å². The molecule has 28 heavy (non-hydrogen) atoms. The third-order valence-corrected chi connectivity index (χ3v) is 6.47. The number of nitrogens with two attached hydrogens (primary N) is 2. The van der Waals surface area contributed by atoms with Gasteiger partial charge in [-0.05, 0) is 23.1 Å². The molecule has 1 aliphatic rings. The normalized spacial score (nSPS) is 16.0. The molecule has 1 fully saturated rings. The van der Waals surface area contributed by atoms with Crippen LogP contribution in [0.25, 0.3) is 0 Å². The maximum absolute atomic E-state index is 12.7. The Morgan fingerprint density at radius 1 is 1.07 bits per heavy atom. The fourth-order valence-electron chi connectivity index (χ4n) is 3.04. The second-order valence-corrected chi connectivity index (χ2v) is 10.0. The predicted molar refractivity (Wildman–Crippen MR) is 111 cm³/mol. The highest BCUT2D eigenvalue weighted by Crippen LogP contribution is 2.24. The summed E-state index contributed by atoms with van der Waals surface area (Å²) in [5.41, 5.74) is 11.6. The lowest BCUT2D eigenvalue weighted by Gasteiger charge is -2.34. The van der Waals surface area contributed by atoms with Crippen LogP contribution in [-0.4, -0.2) is 68.7 Å². The predicted octanol–water partition coefficient (Wildman–Crippen LogP) is 0.523. The number of piperazine rings is 1. The molecule has 1 aromatic carbocycles. The Kier molecular flexibility index (Phi) is 7.06. The van der Waals surface area contributed by atoms with Gasteiger partial charge in [0.25, 0.3) is 0 Å². The van der Waals surface area contributed by atoms with Gasteiger partial charge in [0.05, 0.1) is 11.4 Å². The summed E-state index contributed by atoms with van der Waals surface area (Å²) in [6.45, 7) is 8.58. The Morgan fingerprint density at radius 3 is 2.14 bits per heavy atom. The first-order chi connectivity index (χ1) is 13.0. The number of carbonyl (C=O) groups is 1. The number of nitrogens with zero attached hydrogens (tertiary/aromatic N) is 3. The fourth-order valence-corrected chi connectivity index (χ4v) is 4.48. The maximum atomic E-state index is 12.7. The molecule has 1 aliphatic heterocycles. The summed E-state index contributed by atoms with van der Waals surface area (Å²) in [6, 6.07) is 7.11. The van der Waals surface area contributed by atoms with E-state index in [9.17, 15) is 13.2 Å². The van der Waals surface area contributed by atoms with E-state index in [0.29, 0.717) is 31.1 Å². The van der Waals surface area contributed by atoms with Crippen molar-refractivity contribution < 1.29 is 13.2 Å². The number of carbonyl (C=O) groups excluding carboxylic acids is 1. The van der Waals surface area contributed by atoms with Gasteiger partial charge >= 0.3 is 0 Å². The smallest absolute Gasteiger partial charge is 0.224 e. The summed E-state index contributed by atoms with van der Waals surface area (Å²) in [4.78, 5) is 19.9. The van der Waals surface area contributed by atoms with Gasteiger partial charge in [-0.25, -0.2) is 8.42 Å². The van der Waals surface area contributed by atoms with Gasteiger partial charge in [-0.3, -0.25) is 14.7 Å². The summed E-state index contributed by atoms with van der Waals surface area (Å²) in [5, 5.41) is 0. The highest BCUT2D eigenvalue weighted by molar-refractivity contribution is 7.91. The van der Waals surface area contributed by atoms with E-state index in [-0.39, 0.29) is 36.1 Å². The molecule has 1 aromatic rings. The van der Waals surface area contributed by atoms with Crippen LogP contribution < -0.4 is 11.5 Å². The quantitative estimate of drug-likeness (QED) is 0.522. The first kappa shape index (κ1) is 22.2. The monoisotopic (exact) mass is 409 g/mol. The van der Waals surface area contributed by atoms with Gasteiger partial charge in [0.15, 0.2) is 15.8 Å². The molecule has 2 rings (SSSR count). The number of guanidine groups is 1. The minimum absolute atomic E-state index is 0.0215.